The summed E-state index contributed by atoms with van der Waals surface area (Å²) < 4.78 is 18.7. The van der Waals surface area contributed by atoms with Crippen molar-refractivity contribution >= 4 is 0 Å². The van der Waals surface area contributed by atoms with Gasteiger partial charge in [-0.1, -0.05) is 18.2 Å². The molecule has 88 valence electrons. The zero-order valence-corrected chi connectivity index (χ0v) is 9.42. The Morgan fingerprint density at radius 1 is 1.25 bits per heavy atom. The standard InChI is InChI=1S/C13H18FNO/c14-13-6-2-1-4-11(13)10-15-12-5-3-8-16-9-7-12/h1-2,4,6,12,15H,3,5,7-10H2. The summed E-state index contributed by atoms with van der Waals surface area (Å²) in [5.74, 6) is -0.125. The second-order valence-corrected chi connectivity index (χ2v) is 4.21. The minimum atomic E-state index is -0.125. The maximum absolute atomic E-state index is 13.4. The molecular weight excluding hydrogens is 205 g/mol. The molecule has 1 N–H and O–H groups in total. The quantitative estimate of drug-likeness (QED) is 0.850. The fraction of sp³-hybridized carbons (Fsp3) is 0.538. The molecule has 0 radical (unpaired) electrons. The van der Waals surface area contributed by atoms with Crippen molar-refractivity contribution in [3.05, 3.63) is 35.6 Å². The highest BCUT2D eigenvalue weighted by Gasteiger charge is 2.12. The molecule has 0 bridgehead atoms. The van der Waals surface area contributed by atoms with Gasteiger partial charge in [-0.3, -0.25) is 0 Å². The van der Waals surface area contributed by atoms with Gasteiger partial charge in [0.05, 0.1) is 0 Å². The number of benzene rings is 1. The van der Waals surface area contributed by atoms with Crippen molar-refractivity contribution in [3.8, 4) is 0 Å². The Bertz CT molecular complexity index is 321. The molecule has 2 rings (SSSR count). The van der Waals surface area contributed by atoms with Crippen LogP contribution in [0.5, 0.6) is 0 Å². The molecule has 0 saturated carbocycles. The number of nitrogens with one attached hydrogen (secondary N) is 1. The topological polar surface area (TPSA) is 21.3 Å². The van der Waals surface area contributed by atoms with E-state index >= 15 is 0 Å². The minimum Gasteiger partial charge on any atom is -0.381 e. The van der Waals surface area contributed by atoms with E-state index in [0.717, 1.165) is 38.0 Å². The van der Waals surface area contributed by atoms with Gasteiger partial charge in [-0.05, 0) is 25.3 Å². The van der Waals surface area contributed by atoms with E-state index in [1.165, 1.54) is 6.07 Å². The van der Waals surface area contributed by atoms with Gasteiger partial charge in [-0.25, -0.2) is 4.39 Å². The van der Waals surface area contributed by atoms with Gasteiger partial charge < -0.3 is 10.1 Å². The fourth-order valence-electron chi connectivity index (χ4n) is 2.00. The van der Waals surface area contributed by atoms with Crippen LogP contribution in [0.3, 0.4) is 0 Å². The molecule has 0 amide bonds. The summed E-state index contributed by atoms with van der Waals surface area (Å²) >= 11 is 0. The van der Waals surface area contributed by atoms with Crippen LogP contribution in [0.2, 0.25) is 0 Å². The van der Waals surface area contributed by atoms with Crippen molar-refractivity contribution in [2.75, 3.05) is 13.2 Å². The van der Waals surface area contributed by atoms with Crippen LogP contribution in [0, 0.1) is 5.82 Å². The zero-order valence-electron chi connectivity index (χ0n) is 9.42. The summed E-state index contributed by atoms with van der Waals surface area (Å²) in [6, 6.07) is 7.39. The van der Waals surface area contributed by atoms with Crippen LogP contribution in [-0.4, -0.2) is 19.3 Å². The molecule has 1 heterocycles. The van der Waals surface area contributed by atoms with Crippen LogP contribution in [-0.2, 0) is 11.3 Å². The van der Waals surface area contributed by atoms with E-state index in [4.69, 9.17) is 4.74 Å². The molecule has 1 fully saturated rings. The first-order valence-corrected chi connectivity index (χ1v) is 5.91. The lowest BCUT2D eigenvalue weighted by atomic mass is 10.1. The molecule has 2 nitrogen and oxygen atoms in total. The predicted molar refractivity (Wildman–Crippen MR) is 61.7 cm³/mol. The largest absolute Gasteiger partial charge is 0.381 e. The maximum Gasteiger partial charge on any atom is 0.127 e. The number of halogens is 1. The molecule has 0 aliphatic carbocycles. The van der Waals surface area contributed by atoms with Crippen molar-refractivity contribution in [1.29, 1.82) is 0 Å². The first-order valence-electron chi connectivity index (χ1n) is 5.91. The third-order valence-electron chi connectivity index (χ3n) is 2.99. The number of hydrogen-bond acceptors (Lipinski definition) is 2. The molecule has 1 aromatic rings. The molecule has 1 aliphatic heterocycles. The second kappa shape index (κ2) is 5.97. The Labute approximate surface area is 95.8 Å². The van der Waals surface area contributed by atoms with Crippen LogP contribution in [0.15, 0.2) is 24.3 Å². The van der Waals surface area contributed by atoms with E-state index < -0.39 is 0 Å². The van der Waals surface area contributed by atoms with E-state index in [-0.39, 0.29) is 5.82 Å². The highest BCUT2D eigenvalue weighted by molar-refractivity contribution is 5.17. The van der Waals surface area contributed by atoms with E-state index in [1.807, 2.05) is 12.1 Å². The minimum absolute atomic E-state index is 0.125. The number of hydrogen-bond donors (Lipinski definition) is 1. The summed E-state index contributed by atoms with van der Waals surface area (Å²) in [6.45, 7) is 2.28. The first-order chi connectivity index (χ1) is 7.86. The third-order valence-corrected chi connectivity index (χ3v) is 2.99. The lowest BCUT2D eigenvalue weighted by Crippen LogP contribution is -2.29. The SMILES string of the molecule is Fc1ccccc1CNC1CCCOCC1. The van der Waals surface area contributed by atoms with Gasteiger partial charge in [-0.2, -0.15) is 0 Å². The van der Waals surface area contributed by atoms with Crippen LogP contribution in [0.4, 0.5) is 4.39 Å². The molecule has 3 heteroatoms. The average molecular weight is 223 g/mol. The summed E-state index contributed by atoms with van der Waals surface area (Å²) in [6.07, 6.45) is 3.23. The van der Waals surface area contributed by atoms with E-state index in [2.05, 4.69) is 5.32 Å². The van der Waals surface area contributed by atoms with Crippen molar-refractivity contribution in [2.24, 2.45) is 0 Å². The van der Waals surface area contributed by atoms with Crippen LogP contribution >= 0.6 is 0 Å². The van der Waals surface area contributed by atoms with Gasteiger partial charge in [0.2, 0.25) is 0 Å². The summed E-state index contributed by atoms with van der Waals surface area (Å²) in [5, 5.41) is 3.40. The average Bonchev–Trinajstić information content (AvgIpc) is 2.56. The van der Waals surface area contributed by atoms with E-state index in [0.29, 0.717) is 12.6 Å². The highest BCUT2D eigenvalue weighted by atomic mass is 19.1. The Kier molecular flexibility index (Phi) is 4.31. The van der Waals surface area contributed by atoms with Gasteiger partial charge in [-0.15, -0.1) is 0 Å². The van der Waals surface area contributed by atoms with Gasteiger partial charge in [0.15, 0.2) is 0 Å². The molecule has 1 aromatic carbocycles. The Morgan fingerprint density at radius 3 is 3.00 bits per heavy atom. The lowest BCUT2D eigenvalue weighted by Gasteiger charge is -2.15. The maximum atomic E-state index is 13.4. The molecule has 1 saturated heterocycles. The molecule has 0 aromatic heterocycles. The van der Waals surface area contributed by atoms with Gasteiger partial charge in [0, 0.05) is 31.4 Å². The van der Waals surface area contributed by atoms with Crippen LogP contribution < -0.4 is 5.32 Å². The molecule has 16 heavy (non-hydrogen) atoms. The zero-order chi connectivity index (χ0) is 11.2. The Hall–Kier alpha value is -0.930. The monoisotopic (exact) mass is 223 g/mol. The van der Waals surface area contributed by atoms with Gasteiger partial charge in [0.1, 0.15) is 5.82 Å². The van der Waals surface area contributed by atoms with Gasteiger partial charge in [0.25, 0.3) is 0 Å². The van der Waals surface area contributed by atoms with Crippen LogP contribution in [0.1, 0.15) is 24.8 Å². The molecule has 0 spiro atoms. The normalized spacial score (nSPS) is 21.7. The number of ether oxygens (including phenoxy) is 1. The van der Waals surface area contributed by atoms with E-state index in [9.17, 15) is 4.39 Å². The Balaban J connectivity index is 1.84. The molecule has 1 atom stereocenters. The fourth-order valence-corrected chi connectivity index (χ4v) is 2.00. The van der Waals surface area contributed by atoms with E-state index in [1.54, 1.807) is 6.07 Å². The predicted octanol–water partition coefficient (Wildman–Crippen LogP) is 2.48. The Morgan fingerprint density at radius 2 is 2.12 bits per heavy atom. The smallest absolute Gasteiger partial charge is 0.127 e. The van der Waals surface area contributed by atoms with Crippen molar-refractivity contribution in [3.63, 3.8) is 0 Å². The molecule has 1 aliphatic rings. The first kappa shape index (κ1) is 11.6. The highest BCUT2D eigenvalue weighted by Crippen LogP contribution is 2.11. The summed E-state index contributed by atoms with van der Waals surface area (Å²) in [7, 11) is 0. The van der Waals surface area contributed by atoms with Crippen molar-refractivity contribution in [2.45, 2.75) is 31.8 Å². The van der Waals surface area contributed by atoms with Crippen LogP contribution in [0.25, 0.3) is 0 Å². The van der Waals surface area contributed by atoms with Gasteiger partial charge >= 0.3 is 0 Å². The summed E-state index contributed by atoms with van der Waals surface area (Å²) in [4.78, 5) is 0. The second-order valence-electron chi connectivity index (χ2n) is 4.21. The molecule has 1 unspecified atom stereocenters. The lowest BCUT2D eigenvalue weighted by molar-refractivity contribution is 0.142. The van der Waals surface area contributed by atoms with Crippen molar-refractivity contribution in [1.82, 2.24) is 5.32 Å². The summed E-state index contributed by atoms with van der Waals surface area (Å²) in [5.41, 5.74) is 0.743. The molecular formula is C13H18FNO. The third kappa shape index (κ3) is 3.29. The number of rotatable bonds is 3. The van der Waals surface area contributed by atoms with Crippen molar-refractivity contribution < 1.29 is 9.13 Å².